The van der Waals surface area contributed by atoms with Gasteiger partial charge >= 0.3 is 0 Å². The Labute approximate surface area is 73.7 Å². The van der Waals surface area contributed by atoms with Gasteiger partial charge in [0.15, 0.2) is 0 Å². The number of rotatable bonds is 2. The molecule has 60 valence electrons. The summed E-state index contributed by atoms with van der Waals surface area (Å²) in [5.74, 6) is -0.233. The van der Waals surface area contributed by atoms with Crippen molar-refractivity contribution < 1.29 is 4.39 Å². The fraction of sp³-hybridized carbons (Fsp3) is 0.250. The molecule has 11 heavy (non-hydrogen) atoms. The highest BCUT2D eigenvalue weighted by Gasteiger charge is 1.98. The van der Waals surface area contributed by atoms with Crippen LogP contribution in [-0.4, -0.2) is 6.54 Å². The maximum atomic E-state index is 12.8. The molecule has 0 aliphatic heterocycles. The van der Waals surface area contributed by atoms with Crippen LogP contribution >= 0.6 is 15.9 Å². The van der Waals surface area contributed by atoms with Gasteiger partial charge < -0.3 is 5.32 Å². The number of halogens is 2. The lowest BCUT2D eigenvalue weighted by atomic mass is 10.3. The molecular weight excluding hydrogens is 209 g/mol. The first-order valence-electron chi connectivity index (χ1n) is 3.43. The molecule has 1 rings (SSSR count). The van der Waals surface area contributed by atoms with E-state index in [1.165, 1.54) is 6.07 Å². The molecule has 1 aromatic rings. The zero-order valence-electron chi connectivity index (χ0n) is 6.20. The number of hydrogen-bond donors (Lipinski definition) is 1. The summed E-state index contributed by atoms with van der Waals surface area (Å²) in [6, 6.07) is 4.98. The highest BCUT2D eigenvalue weighted by molar-refractivity contribution is 9.10. The second-order valence-electron chi connectivity index (χ2n) is 2.16. The lowest BCUT2D eigenvalue weighted by Crippen LogP contribution is -1.96. The Hall–Kier alpha value is -0.570. The van der Waals surface area contributed by atoms with Gasteiger partial charge in [-0.05, 0) is 41.1 Å². The van der Waals surface area contributed by atoms with Gasteiger partial charge in [-0.15, -0.1) is 0 Å². The normalized spacial score (nSPS) is 9.73. The van der Waals surface area contributed by atoms with Crippen LogP contribution in [0.5, 0.6) is 0 Å². The summed E-state index contributed by atoms with van der Waals surface area (Å²) in [6.07, 6.45) is 0. The predicted molar refractivity (Wildman–Crippen MR) is 48.3 cm³/mol. The van der Waals surface area contributed by atoms with Crippen LogP contribution in [0.1, 0.15) is 6.92 Å². The highest BCUT2D eigenvalue weighted by atomic mass is 79.9. The summed E-state index contributed by atoms with van der Waals surface area (Å²) in [4.78, 5) is 0. The summed E-state index contributed by atoms with van der Waals surface area (Å²) in [5.41, 5.74) is 0.813. The Balaban J connectivity index is 2.86. The highest BCUT2D eigenvalue weighted by Crippen LogP contribution is 2.18. The van der Waals surface area contributed by atoms with Gasteiger partial charge in [0, 0.05) is 12.2 Å². The average Bonchev–Trinajstić information content (AvgIpc) is 1.98. The van der Waals surface area contributed by atoms with Crippen molar-refractivity contribution in [1.82, 2.24) is 0 Å². The molecule has 1 nitrogen and oxygen atoms in total. The van der Waals surface area contributed by atoms with Crippen LogP contribution in [0.3, 0.4) is 0 Å². The zero-order chi connectivity index (χ0) is 8.27. The summed E-state index contributed by atoms with van der Waals surface area (Å²) < 4.78 is 13.3. The van der Waals surface area contributed by atoms with Gasteiger partial charge in [0.05, 0.1) is 4.47 Å². The van der Waals surface area contributed by atoms with Crippen molar-refractivity contribution in [3.63, 3.8) is 0 Å². The molecule has 1 aromatic carbocycles. The molecule has 0 fully saturated rings. The molecule has 3 heteroatoms. The van der Waals surface area contributed by atoms with Crippen molar-refractivity contribution in [2.24, 2.45) is 0 Å². The van der Waals surface area contributed by atoms with Crippen molar-refractivity contribution >= 4 is 21.6 Å². The minimum Gasteiger partial charge on any atom is -0.385 e. The van der Waals surface area contributed by atoms with Crippen LogP contribution in [0.2, 0.25) is 0 Å². The molecule has 0 radical (unpaired) electrons. The molecule has 1 N–H and O–H groups in total. The van der Waals surface area contributed by atoms with E-state index in [1.54, 1.807) is 6.07 Å². The van der Waals surface area contributed by atoms with E-state index in [9.17, 15) is 4.39 Å². The second kappa shape index (κ2) is 3.72. The van der Waals surface area contributed by atoms with Gasteiger partial charge in [0.2, 0.25) is 0 Å². The Bertz CT molecular complexity index is 250. The smallest absolute Gasteiger partial charge is 0.139 e. The Morgan fingerprint density at radius 1 is 1.55 bits per heavy atom. The number of anilines is 1. The number of nitrogens with one attached hydrogen (secondary N) is 1. The van der Waals surface area contributed by atoms with E-state index in [2.05, 4.69) is 21.2 Å². The third kappa shape index (κ3) is 2.19. The van der Waals surface area contributed by atoms with Crippen LogP contribution < -0.4 is 5.32 Å². The van der Waals surface area contributed by atoms with Gasteiger partial charge in [0.1, 0.15) is 5.82 Å². The van der Waals surface area contributed by atoms with Crippen molar-refractivity contribution in [1.29, 1.82) is 0 Å². The summed E-state index contributed by atoms with van der Waals surface area (Å²) >= 11 is 3.08. The summed E-state index contributed by atoms with van der Waals surface area (Å²) in [7, 11) is 0. The van der Waals surface area contributed by atoms with Crippen molar-refractivity contribution in [3.8, 4) is 0 Å². The average molecular weight is 218 g/mol. The maximum Gasteiger partial charge on any atom is 0.139 e. The van der Waals surface area contributed by atoms with Gasteiger partial charge in [-0.1, -0.05) is 0 Å². The van der Waals surface area contributed by atoms with E-state index in [4.69, 9.17) is 0 Å². The molecule has 0 saturated heterocycles. The molecule has 0 unspecified atom stereocenters. The van der Waals surface area contributed by atoms with Crippen LogP contribution in [0.4, 0.5) is 10.1 Å². The quantitative estimate of drug-likeness (QED) is 0.804. The minimum atomic E-state index is -0.233. The molecule has 0 saturated carbocycles. The Kier molecular flexibility index (Phi) is 2.88. The number of hydrogen-bond acceptors (Lipinski definition) is 1. The minimum absolute atomic E-state index is 0.233. The first-order valence-corrected chi connectivity index (χ1v) is 4.22. The molecule has 0 aromatic heterocycles. The first-order chi connectivity index (χ1) is 5.24. The fourth-order valence-corrected chi connectivity index (χ4v) is 1.06. The molecule has 0 aliphatic carbocycles. The molecule has 0 aliphatic rings. The maximum absolute atomic E-state index is 12.8. The monoisotopic (exact) mass is 217 g/mol. The SMILES string of the molecule is CCNc1ccc(Br)c(F)c1. The molecule has 0 atom stereocenters. The summed E-state index contributed by atoms with van der Waals surface area (Å²) in [5, 5.41) is 3.01. The lowest BCUT2D eigenvalue weighted by molar-refractivity contribution is 0.621. The van der Waals surface area contributed by atoms with E-state index in [1.807, 2.05) is 13.0 Å². The molecule has 0 spiro atoms. The molecule has 0 bridgehead atoms. The van der Waals surface area contributed by atoms with E-state index >= 15 is 0 Å². The lowest BCUT2D eigenvalue weighted by Gasteiger charge is -2.02. The molecule has 0 heterocycles. The zero-order valence-corrected chi connectivity index (χ0v) is 7.78. The van der Waals surface area contributed by atoms with Gasteiger partial charge in [-0.2, -0.15) is 0 Å². The fourth-order valence-electron chi connectivity index (χ4n) is 0.810. The van der Waals surface area contributed by atoms with Crippen molar-refractivity contribution in [3.05, 3.63) is 28.5 Å². The predicted octanol–water partition coefficient (Wildman–Crippen LogP) is 3.02. The first kappa shape index (κ1) is 8.53. The van der Waals surface area contributed by atoms with E-state index < -0.39 is 0 Å². The van der Waals surface area contributed by atoms with Crippen LogP contribution in [-0.2, 0) is 0 Å². The Morgan fingerprint density at radius 2 is 2.27 bits per heavy atom. The van der Waals surface area contributed by atoms with Crippen molar-refractivity contribution in [2.75, 3.05) is 11.9 Å². The number of benzene rings is 1. The Morgan fingerprint density at radius 3 is 2.82 bits per heavy atom. The second-order valence-corrected chi connectivity index (χ2v) is 3.01. The standard InChI is InChI=1S/C8H9BrFN/c1-2-11-6-3-4-7(9)8(10)5-6/h3-5,11H,2H2,1H3. The molecular formula is C8H9BrFN. The summed E-state index contributed by atoms with van der Waals surface area (Å²) in [6.45, 7) is 2.78. The molecule has 0 amide bonds. The van der Waals surface area contributed by atoms with Crippen LogP contribution in [0, 0.1) is 5.82 Å². The van der Waals surface area contributed by atoms with Gasteiger partial charge in [-0.3, -0.25) is 0 Å². The van der Waals surface area contributed by atoms with Crippen LogP contribution in [0.25, 0.3) is 0 Å². The van der Waals surface area contributed by atoms with Gasteiger partial charge in [0.25, 0.3) is 0 Å². The third-order valence-corrected chi connectivity index (χ3v) is 1.94. The van der Waals surface area contributed by atoms with Crippen LogP contribution in [0.15, 0.2) is 22.7 Å². The third-order valence-electron chi connectivity index (χ3n) is 1.30. The topological polar surface area (TPSA) is 12.0 Å². The largest absolute Gasteiger partial charge is 0.385 e. The van der Waals surface area contributed by atoms with E-state index in [0.29, 0.717) is 4.47 Å². The van der Waals surface area contributed by atoms with Crippen molar-refractivity contribution in [2.45, 2.75) is 6.92 Å². The van der Waals surface area contributed by atoms with E-state index in [0.717, 1.165) is 12.2 Å². The van der Waals surface area contributed by atoms with Gasteiger partial charge in [-0.25, -0.2) is 4.39 Å². The van der Waals surface area contributed by atoms with E-state index in [-0.39, 0.29) is 5.82 Å².